The highest BCUT2D eigenvalue weighted by Crippen LogP contribution is 2.21. The van der Waals surface area contributed by atoms with Crippen LogP contribution in [0, 0.1) is 5.21 Å². The first-order valence-electron chi connectivity index (χ1n) is 3.21. The summed E-state index contributed by atoms with van der Waals surface area (Å²) in [6.07, 6.45) is 0. The van der Waals surface area contributed by atoms with Crippen molar-refractivity contribution in [2.45, 2.75) is 4.90 Å². The largest absolute Gasteiger partial charge is 0.733 e. The number of nitrogens with two attached hydrogens (primary N) is 1. The van der Waals surface area contributed by atoms with Crippen molar-refractivity contribution in [3.8, 4) is 0 Å². The highest BCUT2D eigenvalue weighted by molar-refractivity contribution is 7.89. The lowest BCUT2D eigenvalue weighted by Crippen LogP contribution is -2.17. The van der Waals surface area contributed by atoms with Crippen LogP contribution >= 0.6 is 0 Å². The van der Waals surface area contributed by atoms with E-state index in [1.165, 1.54) is 12.1 Å². The molecule has 0 amide bonds. The van der Waals surface area contributed by atoms with Gasteiger partial charge in [0.2, 0.25) is 10.0 Å². The fraction of sp³-hybridized carbons (Fsp3) is 0. The van der Waals surface area contributed by atoms with Gasteiger partial charge in [-0.05, 0) is 12.1 Å². The molecule has 0 aliphatic heterocycles. The number of para-hydroxylation sites is 1. The van der Waals surface area contributed by atoms with Crippen LogP contribution in [-0.4, -0.2) is 13.6 Å². The fourth-order valence-electron chi connectivity index (χ4n) is 0.856. The number of rotatable bonds is 2. The third-order valence-electron chi connectivity index (χ3n) is 1.38. The molecule has 0 saturated heterocycles. The molecule has 0 fully saturated rings. The predicted octanol–water partition coefficient (Wildman–Crippen LogP) is 0.0274. The molecule has 6 nitrogen and oxygen atoms in total. The summed E-state index contributed by atoms with van der Waals surface area (Å²) >= 11 is 0. The minimum atomic E-state index is -3.98. The maximum absolute atomic E-state index is 10.9. The Morgan fingerprint density at radius 3 is 2.31 bits per heavy atom. The first kappa shape index (κ1) is 9.93. The van der Waals surface area contributed by atoms with Crippen molar-refractivity contribution in [1.29, 1.82) is 0 Å². The second-order valence-electron chi connectivity index (χ2n) is 2.29. The third-order valence-corrected chi connectivity index (χ3v) is 2.34. The minimum absolute atomic E-state index is 0.398. The average molecular weight is 203 g/mol. The quantitative estimate of drug-likeness (QED) is 0.659. The monoisotopic (exact) mass is 203 g/mol. The van der Waals surface area contributed by atoms with E-state index in [4.69, 9.17) is 10.3 Å². The number of primary sulfonamides is 1. The molecule has 13 heavy (non-hydrogen) atoms. The van der Waals surface area contributed by atoms with E-state index >= 15 is 0 Å². The molecule has 3 N–H and O–H groups in total. The molecule has 0 spiro atoms. The topological polar surface area (TPSA) is 107 Å². The van der Waals surface area contributed by atoms with Gasteiger partial charge in [-0.15, -0.1) is 0 Å². The summed E-state index contributed by atoms with van der Waals surface area (Å²) in [5.41, 5.74) is -0.398. The Hall–Kier alpha value is -1.15. The molecule has 7 heteroatoms. The van der Waals surface area contributed by atoms with Gasteiger partial charge < -0.3 is 10.4 Å². The van der Waals surface area contributed by atoms with Crippen molar-refractivity contribution >= 4 is 15.7 Å². The molecule has 0 heterocycles. The molecule has 0 aliphatic carbocycles. The van der Waals surface area contributed by atoms with Gasteiger partial charge >= 0.3 is 0 Å². The standard InChI is InChI=1S/C6H7N2O4S/c7-13(11,12)6-4-2-1-3-5(6)8(9)10/h1-4,9H,(H2,7,11,12)/q-1. The predicted molar refractivity (Wildman–Crippen MR) is 45.4 cm³/mol. The van der Waals surface area contributed by atoms with Gasteiger partial charge in [0.25, 0.3) is 0 Å². The minimum Gasteiger partial charge on any atom is -0.733 e. The third kappa shape index (κ3) is 2.16. The highest BCUT2D eigenvalue weighted by Gasteiger charge is 2.12. The van der Waals surface area contributed by atoms with Gasteiger partial charge in [0.1, 0.15) is 4.90 Å². The first-order valence-corrected chi connectivity index (χ1v) is 4.75. The molecule has 72 valence electrons. The van der Waals surface area contributed by atoms with Crippen molar-refractivity contribution in [1.82, 2.24) is 0 Å². The zero-order chi connectivity index (χ0) is 10.1. The van der Waals surface area contributed by atoms with Crippen molar-refractivity contribution in [3.63, 3.8) is 0 Å². The SMILES string of the molecule is NS(=O)(=O)c1ccccc1N([O-])O. The Bertz CT molecular complexity index is 401. The molecule has 0 unspecified atom stereocenters. The molecule has 0 radical (unpaired) electrons. The zero-order valence-electron chi connectivity index (χ0n) is 6.41. The van der Waals surface area contributed by atoms with Crippen LogP contribution < -0.4 is 10.4 Å². The van der Waals surface area contributed by atoms with E-state index in [9.17, 15) is 13.6 Å². The first-order chi connectivity index (χ1) is 5.93. The van der Waals surface area contributed by atoms with Gasteiger partial charge in [0.15, 0.2) is 0 Å². The molecular formula is C6H7N2O4S-. The molecule has 0 aliphatic rings. The lowest BCUT2D eigenvalue weighted by atomic mass is 10.3. The summed E-state index contributed by atoms with van der Waals surface area (Å²) in [4.78, 5) is -0.410. The Labute approximate surface area is 74.8 Å². The van der Waals surface area contributed by atoms with E-state index in [1.807, 2.05) is 0 Å². The second-order valence-corrected chi connectivity index (χ2v) is 3.82. The zero-order valence-corrected chi connectivity index (χ0v) is 7.23. The highest BCUT2D eigenvalue weighted by atomic mass is 32.2. The number of anilines is 1. The molecular weight excluding hydrogens is 196 g/mol. The number of nitrogens with zero attached hydrogens (tertiary/aromatic N) is 1. The van der Waals surface area contributed by atoms with E-state index in [2.05, 4.69) is 0 Å². The van der Waals surface area contributed by atoms with Gasteiger partial charge in [-0.25, -0.2) is 13.6 Å². The molecule has 0 saturated carbocycles. The number of benzene rings is 1. The molecule has 1 aromatic rings. The molecule has 0 aromatic heterocycles. The van der Waals surface area contributed by atoms with Crippen LogP contribution in [0.5, 0.6) is 0 Å². The van der Waals surface area contributed by atoms with Crippen molar-refractivity contribution in [3.05, 3.63) is 29.5 Å². The van der Waals surface area contributed by atoms with Crippen molar-refractivity contribution in [2.75, 3.05) is 5.23 Å². The summed E-state index contributed by atoms with van der Waals surface area (Å²) in [7, 11) is -3.98. The Kier molecular flexibility index (Phi) is 2.52. The van der Waals surface area contributed by atoms with Gasteiger partial charge in [-0.1, -0.05) is 12.1 Å². The molecule has 0 atom stereocenters. The summed E-state index contributed by atoms with van der Waals surface area (Å²) in [5.74, 6) is 0. The molecule has 1 aromatic carbocycles. The van der Waals surface area contributed by atoms with E-state index in [-0.39, 0.29) is 0 Å². The van der Waals surface area contributed by atoms with Gasteiger partial charge in [0, 0.05) is 0 Å². The Balaban J connectivity index is 3.37. The smallest absolute Gasteiger partial charge is 0.240 e. The summed E-state index contributed by atoms with van der Waals surface area (Å²) < 4.78 is 21.7. The Morgan fingerprint density at radius 2 is 1.92 bits per heavy atom. The van der Waals surface area contributed by atoms with Crippen molar-refractivity contribution < 1.29 is 13.6 Å². The van der Waals surface area contributed by atoms with Crippen LogP contribution in [0.25, 0.3) is 0 Å². The van der Waals surface area contributed by atoms with Gasteiger partial charge in [0.05, 0.1) is 5.69 Å². The van der Waals surface area contributed by atoms with Gasteiger partial charge in [-0.3, -0.25) is 5.21 Å². The van der Waals surface area contributed by atoms with Gasteiger partial charge in [-0.2, -0.15) is 0 Å². The summed E-state index contributed by atoms with van der Waals surface area (Å²) in [6.45, 7) is 0. The second kappa shape index (κ2) is 3.30. The summed E-state index contributed by atoms with van der Waals surface area (Å²) in [5, 5.41) is 23.2. The van der Waals surface area contributed by atoms with Crippen LogP contribution in [0.3, 0.4) is 0 Å². The molecule has 0 bridgehead atoms. The summed E-state index contributed by atoms with van der Waals surface area (Å²) in [6, 6.07) is 5.08. The molecule has 1 rings (SSSR count). The van der Waals surface area contributed by atoms with Crippen LogP contribution in [0.4, 0.5) is 5.69 Å². The van der Waals surface area contributed by atoms with E-state index in [0.29, 0.717) is 0 Å². The number of hydrogen-bond acceptors (Lipinski definition) is 5. The van der Waals surface area contributed by atoms with Crippen LogP contribution in [-0.2, 0) is 10.0 Å². The number of hydrogen-bond donors (Lipinski definition) is 2. The van der Waals surface area contributed by atoms with Crippen LogP contribution in [0.1, 0.15) is 0 Å². The number of sulfonamides is 1. The lowest BCUT2D eigenvalue weighted by Gasteiger charge is -2.23. The van der Waals surface area contributed by atoms with E-state index < -0.39 is 25.8 Å². The average Bonchev–Trinajstić information content (AvgIpc) is 2.03. The van der Waals surface area contributed by atoms with E-state index in [1.54, 1.807) is 0 Å². The normalized spacial score (nSPS) is 11.3. The fourth-order valence-corrected chi connectivity index (χ4v) is 1.56. The van der Waals surface area contributed by atoms with E-state index in [0.717, 1.165) is 12.1 Å². The van der Waals surface area contributed by atoms with Crippen LogP contribution in [0.15, 0.2) is 29.2 Å². The lowest BCUT2D eigenvalue weighted by molar-refractivity contribution is 0.294. The maximum Gasteiger partial charge on any atom is 0.240 e. The maximum atomic E-state index is 10.9. The van der Waals surface area contributed by atoms with Crippen molar-refractivity contribution in [2.24, 2.45) is 5.14 Å². The van der Waals surface area contributed by atoms with Crippen LogP contribution in [0.2, 0.25) is 0 Å². The Morgan fingerprint density at radius 1 is 1.38 bits per heavy atom.